The number of hydrogen-bond donors (Lipinski definition) is 1. The van der Waals surface area contributed by atoms with Gasteiger partial charge in [0.1, 0.15) is 0 Å². The second-order valence-electron chi connectivity index (χ2n) is 3.96. The summed E-state index contributed by atoms with van der Waals surface area (Å²) in [4.78, 5) is 0. The molecule has 0 aliphatic heterocycles. The first kappa shape index (κ1) is 10.7. The van der Waals surface area contributed by atoms with E-state index in [1.165, 1.54) is 10.8 Å². The minimum atomic E-state index is 0.0423. The van der Waals surface area contributed by atoms with E-state index in [-0.39, 0.29) is 6.04 Å². The molecule has 2 aromatic carbocycles. The summed E-state index contributed by atoms with van der Waals surface area (Å²) >= 11 is 0. The van der Waals surface area contributed by atoms with E-state index in [0.717, 1.165) is 18.4 Å². The lowest BCUT2D eigenvalue weighted by Crippen LogP contribution is -2.09. The molecule has 0 spiro atoms. The van der Waals surface area contributed by atoms with Crippen molar-refractivity contribution in [1.29, 1.82) is 0 Å². The zero-order valence-electron chi connectivity index (χ0n) is 9.19. The molecule has 0 saturated heterocycles. The molecule has 0 bridgehead atoms. The largest absolute Gasteiger partial charge is 0.324 e. The Morgan fingerprint density at radius 1 is 1.12 bits per heavy atom. The molecule has 2 N–H and O–H groups in total. The van der Waals surface area contributed by atoms with Crippen molar-refractivity contribution >= 4 is 10.8 Å². The highest BCUT2D eigenvalue weighted by atomic mass is 14.6. The molecule has 0 aliphatic rings. The Labute approximate surface area is 96.3 Å². The summed E-state index contributed by atoms with van der Waals surface area (Å²) in [5.74, 6) is 2.63. The molecular formula is C15H15N. The van der Waals surface area contributed by atoms with Crippen LogP contribution in [0.2, 0.25) is 0 Å². The molecule has 0 radical (unpaired) electrons. The summed E-state index contributed by atoms with van der Waals surface area (Å²) < 4.78 is 0. The number of fused-ring (bicyclic) bond motifs is 1. The van der Waals surface area contributed by atoms with Gasteiger partial charge in [0.15, 0.2) is 0 Å². The molecule has 0 amide bonds. The second-order valence-corrected chi connectivity index (χ2v) is 3.96. The van der Waals surface area contributed by atoms with Gasteiger partial charge < -0.3 is 5.73 Å². The van der Waals surface area contributed by atoms with E-state index in [9.17, 15) is 0 Å². The highest BCUT2D eigenvalue weighted by molar-refractivity contribution is 5.83. The summed E-state index contributed by atoms with van der Waals surface area (Å²) in [5.41, 5.74) is 7.24. The smallest absolute Gasteiger partial charge is 0.0304 e. The number of nitrogens with two attached hydrogens (primary N) is 1. The number of hydrogen-bond acceptors (Lipinski definition) is 1. The fraction of sp³-hybridized carbons (Fsp3) is 0.200. The van der Waals surface area contributed by atoms with Gasteiger partial charge in [-0.05, 0) is 28.8 Å². The highest BCUT2D eigenvalue weighted by Gasteiger charge is 2.05. The van der Waals surface area contributed by atoms with Crippen molar-refractivity contribution in [2.24, 2.45) is 5.73 Å². The van der Waals surface area contributed by atoms with Gasteiger partial charge in [-0.1, -0.05) is 36.4 Å². The number of terminal acetylenes is 1. The Hall–Kier alpha value is -1.78. The Bertz CT molecular complexity index is 522. The van der Waals surface area contributed by atoms with Crippen molar-refractivity contribution < 1.29 is 0 Å². The van der Waals surface area contributed by atoms with Crippen LogP contribution in [-0.2, 0) is 0 Å². The van der Waals surface area contributed by atoms with Crippen LogP contribution in [0.5, 0.6) is 0 Å². The van der Waals surface area contributed by atoms with Crippen molar-refractivity contribution in [3.8, 4) is 12.3 Å². The molecule has 80 valence electrons. The van der Waals surface area contributed by atoms with Crippen molar-refractivity contribution in [3.05, 3.63) is 48.0 Å². The molecule has 2 rings (SSSR count). The van der Waals surface area contributed by atoms with Crippen molar-refractivity contribution in [2.45, 2.75) is 18.9 Å². The summed E-state index contributed by atoms with van der Waals surface area (Å²) in [6, 6.07) is 14.7. The van der Waals surface area contributed by atoms with E-state index in [0.29, 0.717) is 0 Å². The van der Waals surface area contributed by atoms with Crippen LogP contribution in [-0.4, -0.2) is 0 Å². The Kier molecular flexibility index (Phi) is 3.24. The van der Waals surface area contributed by atoms with Crippen LogP contribution in [0.25, 0.3) is 10.8 Å². The molecule has 1 unspecified atom stereocenters. The van der Waals surface area contributed by atoms with E-state index >= 15 is 0 Å². The van der Waals surface area contributed by atoms with Crippen LogP contribution in [0, 0.1) is 12.3 Å². The maximum absolute atomic E-state index is 6.08. The maximum atomic E-state index is 6.08. The first-order valence-corrected chi connectivity index (χ1v) is 5.49. The molecule has 0 aromatic heterocycles. The lowest BCUT2D eigenvalue weighted by molar-refractivity contribution is 0.669. The van der Waals surface area contributed by atoms with Crippen LogP contribution in [0.1, 0.15) is 24.4 Å². The topological polar surface area (TPSA) is 26.0 Å². The predicted molar refractivity (Wildman–Crippen MR) is 68.9 cm³/mol. The molecule has 0 heterocycles. The summed E-state index contributed by atoms with van der Waals surface area (Å²) in [7, 11) is 0. The van der Waals surface area contributed by atoms with Crippen LogP contribution < -0.4 is 5.73 Å². The Morgan fingerprint density at radius 3 is 2.62 bits per heavy atom. The molecule has 2 aromatic rings. The fourth-order valence-corrected chi connectivity index (χ4v) is 1.84. The van der Waals surface area contributed by atoms with Crippen LogP contribution in [0.4, 0.5) is 0 Å². The highest BCUT2D eigenvalue weighted by Crippen LogP contribution is 2.21. The predicted octanol–water partition coefficient (Wildman–Crippen LogP) is 3.25. The molecule has 1 atom stereocenters. The monoisotopic (exact) mass is 209 g/mol. The summed E-state index contributed by atoms with van der Waals surface area (Å²) in [6.45, 7) is 0. The summed E-state index contributed by atoms with van der Waals surface area (Å²) in [6.07, 6.45) is 6.81. The van der Waals surface area contributed by atoms with Crippen LogP contribution >= 0.6 is 0 Å². The fourth-order valence-electron chi connectivity index (χ4n) is 1.84. The van der Waals surface area contributed by atoms with Gasteiger partial charge in [-0.3, -0.25) is 0 Å². The third-order valence-electron chi connectivity index (χ3n) is 2.80. The third kappa shape index (κ3) is 2.24. The van der Waals surface area contributed by atoms with Gasteiger partial charge in [-0.2, -0.15) is 0 Å². The minimum absolute atomic E-state index is 0.0423. The van der Waals surface area contributed by atoms with Gasteiger partial charge in [-0.15, -0.1) is 12.3 Å². The first-order valence-electron chi connectivity index (χ1n) is 5.49. The Morgan fingerprint density at radius 2 is 1.88 bits per heavy atom. The van der Waals surface area contributed by atoms with E-state index < -0.39 is 0 Å². The van der Waals surface area contributed by atoms with Gasteiger partial charge in [0.05, 0.1) is 0 Å². The van der Waals surface area contributed by atoms with Gasteiger partial charge in [-0.25, -0.2) is 0 Å². The molecule has 0 fully saturated rings. The zero-order valence-corrected chi connectivity index (χ0v) is 9.19. The van der Waals surface area contributed by atoms with E-state index in [1.807, 2.05) is 12.1 Å². The van der Waals surface area contributed by atoms with Gasteiger partial charge in [0.25, 0.3) is 0 Å². The Balaban J connectivity index is 2.29. The van der Waals surface area contributed by atoms with Crippen LogP contribution in [0.15, 0.2) is 42.5 Å². The zero-order chi connectivity index (χ0) is 11.4. The average molecular weight is 209 g/mol. The number of rotatable bonds is 3. The van der Waals surface area contributed by atoms with Crippen molar-refractivity contribution in [2.75, 3.05) is 0 Å². The third-order valence-corrected chi connectivity index (χ3v) is 2.80. The lowest BCUT2D eigenvalue weighted by atomic mass is 9.99. The molecule has 0 aliphatic carbocycles. The molecule has 0 saturated carbocycles. The molecule has 1 nitrogen and oxygen atoms in total. The summed E-state index contributed by atoms with van der Waals surface area (Å²) in [5, 5.41) is 2.48. The van der Waals surface area contributed by atoms with E-state index in [2.05, 4.69) is 36.3 Å². The minimum Gasteiger partial charge on any atom is -0.324 e. The standard InChI is InChI=1S/C15H15N/c1-2-3-8-15(16)14-10-9-12-6-4-5-7-13(12)11-14/h1,4-7,9-11,15H,3,8,16H2. The van der Waals surface area contributed by atoms with Gasteiger partial charge >= 0.3 is 0 Å². The molecule has 16 heavy (non-hydrogen) atoms. The van der Waals surface area contributed by atoms with Crippen molar-refractivity contribution in [3.63, 3.8) is 0 Å². The number of benzene rings is 2. The normalized spacial score (nSPS) is 12.2. The SMILES string of the molecule is C#CCCC(N)c1ccc2ccccc2c1. The average Bonchev–Trinajstić information content (AvgIpc) is 2.35. The van der Waals surface area contributed by atoms with E-state index in [4.69, 9.17) is 12.2 Å². The van der Waals surface area contributed by atoms with Gasteiger partial charge in [0, 0.05) is 12.5 Å². The molecular weight excluding hydrogens is 194 g/mol. The first-order chi connectivity index (χ1) is 7.81. The molecule has 1 heteroatoms. The quantitative estimate of drug-likeness (QED) is 0.771. The van der Waals surface area contributed by atoms with Crippen LogP contribution in [0.3, 0.4) is 0 Å². The van der Waals surface area contributed by atoms with Gasteiger partial charge in [0.2, 0.25) is 0 Å². The second kappa shape index (κ2) is 4.83. The van der Waals surface area contributed by atoms with E-state index in [1.54, 1.807) is 0 Å². The van der Waals surface area contributed by atoms with Crippen molar-refractivity contribution in [1.82, 2.24) is 0 Å². The maximum Gasteiger partial charge on any atom is 0.0304 e. The lowest BCUT2D eigenvalue weighted by Gasteiger charge is -2.11.